The summed E-state index contributed by atoms with van der Waals surface area (Å²) in [4.78, 5) is 4.38. The molecular weight excluding hydrogens is 1050 g/mol. The van der Waals surface area contributed by atoms with Crippen LogP contribution in [0.25, 0.3) is 77.2 Å². The van der Waals surface area contributed by atoms with Crippen molar-refractivity contribution in [1.82, 2.24) is 9.13 Å². The van der Waals surface area contributed by atoms with E-state index in [0.717, 1.165) is 61.4 Å². The second kappa shape index (κ2) is 19.6. The van der Waals surface area contributed by atoms with Crippen LogP contribution in [0.5, 0.6) is 0 Å². The fraction of sp³-hybridized carbons (Fsp3) is 0.195. The molecule has 4 heterocycles. The number of rotatable bonds is 6. The summed E-state index contributed by atoms with van der Waals surface area (Å²) in [5.41, 5.74) is 15.4. The monoisotopic (exact) mass is 1140 g/mol. The van der Waals surface area contributed by atoms with E-state index in [9.17, 15) is 11.0 Å². The van der Waals surface area contributed by atoms with Crippen LogP contribution >= 0.6 is 0 Å². The Hall–Kier alpha value is -9.32. The number of anilines is 6. The van der Waals surface area contributed by atoms with Crippen molar-refractivity contribution in [3.63, 3.8) is 0 Å². The van der Waals surface area contributed by atoms with Gasteiger partial charge in [-0.3, -0.25) is 0 Å². The first-order valence-corrected chi connectivity index (χ1v) is 29.9. The minimum atomic E-state index is -0.622. The van der Waals surface area contributed by atoms with Gasteiger partial charge in [0.2, 0.25) is 0 Å². The molecule has 0 amide bonds. The number of benzene rings is 11. The van der Waals surface area contributed by atoms with Crippen molar-refractivity contribution in [2.75, 3.05) is 9.80 Å². The van der Waals surface area contributed by atoms with E-state index in [4.69, 9.17) is 11.0 Å². The highest BCUT2D eigenvalue weighted by Gasteiger charge is 2.44. The molecule has 0 saturated carbocycles. The first-order valence-electron chi connectivity index (χ1n) is 37.9. The van der Waals surface area contributed by atoms with E-state index in [1.807, 2.05) is 48.5 Å². The highest BCUT2D eigenvalue weighted by Crippen LogP contribution is 2.48. The second-order valence-corrected chi connectivity index (χ2v) is 27.6. The molecule has 2 aliphatic heterocycles. The molecule has 2 aliphatic rings. The molecular formula is C82H75BN4. The van der Waals surface area contributed by atoms with Crippen molar-refractivity contribution in [2.24, 2.45) is 0 Å². The maximum atomic E-state index is 9.57. The Labute approximate surface area is 536 Å². The summed E-state index contributed by atoms with van der Waals surface area (Å²) in [5, 5.41) is -0.203. The summed E-state index contributed by atoms with van der Waals surface area (Å²) in [6.45, 7) is 25.9. The van der Waals surface area contributed by atoms with Gasteiger partial charge in [-0.2, -0.15) is 0 Å². The number of fused-ring (bicyclic) bond motifs is 10. The molecule has 0 atom stereocenters. The Balaban J connectivity index is 1.05. The summed E-state index contributed by atoms with van der Waals surface area (Å²) in [7, 11) is 0. The molecule has 15 rings (SSSR count). The van der Waals surface area contributed by atoms with Crippen LogP contribution in [0.15, 0.2) is 236 Å². The van der Waals surface area contributed by atoms with Crippen molar-refractivity contribution in [3.8, 4) is 33.6 Å². The maximum absolute atomic E-state index is 9.57. The predicted molar refractivity (Wildman–Crippen MR) is 375 cm³/mol. The quantitative estimate of drug-likeness (QED) is 0.154. The standard InChI is InChI=1S/C82H75BN4/c1-79(2,3)56-43-54(44-57(48-56)80(4,5)6)52-35-37-60(38-36-52)84-74-33-22-34-75-78(74)83(68-41-39-62(50-76(68)84)85-70-29-17-13-25-64(70)65-26-14-18-30-71(65)85)69-42-40-63(86-72-31-19-15-27-66(72)67-28-16-20-32-73(67)86)51-77(69)87(75)61-24-21-23-53(47-61)55-45-58(81(7,8)9)49-59(46-55)82(10,11)12/h13-51H,1-12H3/i13D,14D,15D,16D,17D,18D,19D,20D,25D,26D,27D,28D,29D,30D,31D,32D. The molecule has 2 aromatic heterocycles. The topological polar surface area (TPSA) is 16.3 Å². The third-order valence-corrected chi connectivity index (χ3v) is 17.8. The van der Waals surface area contributed by atoms with E-state index in [0.29, 0.717) is 22.7 Å². The molecule has 0 fully saturated rings. The Kier molecular flexibility index (Phi) is 8.88. The maximum Gasteiger partial charge on any atom is 0.252 e. The average molecular weight is 1140 g/mol. The summed E-state index contributed by atoms with van der Waals surface area (Å²) in [6.07, 6.45) is 0. The van der Waals surface area contributed by atoms with Gasteiger partial charge >= 0.3 is 0 Å². The van der Waals surface area contributed by atoms with Crippen LogP contribution in [0.4, 0.5) is 34.1 Å². The summed E-state index contributed by atoms with van der Waals surface area (Å²) < 4.78 is 150. The molecule has 4 nitrogen and oxygen atoms in total. The summed E-state index contributed by atoms with van der Waals surface area (Å²) >= 11 is 0. The molecule has 0 spiro atoms. The smallest absolute Gasteiger partial charge is 0.252 e. The Morgan fingerprint density at radius 3 is 1.06 bits per heavy atom. The van der Waals surface area contributed by atoms with Gasteiger partial charge in [0.1, 0.15) is 0 Å². The van der Waals surface area contributed by atoms with E-state index < -0.39 is 103 Å². The van der Waals surface area contributed by atoms with Crippen molar-refractivity contribution in [3.05, 3.63) is 258 Å². The lowest BCUT2D eigenvalue weighted by Gasteiger charge is -2.44. The first kappa shape index (κ1) is 39.4. The molecule has 5 heteroatoms. The molecule has 87 heavy (non-hydrogen) atoms. The lowest BCUT2D eigenvalue weighted by molar-refractivity contribution is 0.568. The highest BCUT2D eigenvalue weighted by atomic mass is 15.2. The number of nitrogens with zero attached hydrogens (tertiary/aromatic N) is 4. The van der Waals surface area contributed by atoms with Gasteiger partial charge in [-0.15, -0.1) is 0 Å². The fourth-order valence-electron chi connectivity index (χ4n) is 13.0. The number of hydrogen-bond acceptors (Lipinski definition) is 2. The largest absolute Gasteiger partial charge is 0.311 e. The molecule has 0 N–H and O–H groups in total. The molecule has 0 saturated heterocycles. The van der Waals surface area contributed by atoms with Gasteiger partial charge in [-0.05, 0) is 167 Å². The molecule has 0 aliphatic carbocycles. The van der Waals surface area contributed by atoms with Crippen molar-refractivity contribution in [2.45, 2.75) is 105 Å². The van der Waals surface area contributed by atoms with E-state index in [1.54, 1.807) is 0 Å². The van der Waals surface area contributed by atoms with Gasteiger partial charge in [0.15, 0.2) is 0 Å². The summed E-state index contributed by atoms with van der Waals surface area (Å²) in [6, 6.07) is 40.2. The summed E-state index contributed by atoms with van der Waals surface area (Å²) in [5.74, 6) is 0. The van der Waals surface area contributed by atoms with E-state index >= 15 is 0 Å². The van der Waals surface area contributed by atoms with Crippen molar-refractivity contribution >= 4 is 101 Å². The van der Waals surface area contributed by atoms with E-state index in [2.05, 4.69) is 184 Å². The first-order chi connectivity index (χ1) is 48.3. The normalized spacial score (nSPS) is 16.0. The number of aromatic nitrogens is 2. The molecule has 426 valence electrons. The highest BCUT2D eigenvalue weighted by molar-refractivity contribution is 7.00. The minimum absolute atomic E-state index is 0.0255. The lowest BCUT2D eigenvalue weighted by atomic mass is 9.33. The van der Waals surface area contributed by atoms with Gasteiger partial charge in [-0.1, -0.05) is 234 Å². The zero-order valence-electron chi connectivity index (χ0n) is 67.1. The second-order valence-electron chi connectivity index (χ2n) is 27.6. The van der Waals surface area contributed by atoms with Crippen LogP contribution in [-0.4, -0.2) is 15.8 Å². The molecule has 0 unspecified atom stereocenters. The minimum Gasteiger partial charge on any atom is -0.311 e. The molecule has 0 radical (unpaired) electrons. The van der Waals surface area contributed by atoms with Gasteiger partial charge in [0.25, 0.3) is 6.71 Å². The van der Waals surface area contributed by atoms with Gasteiger partial charge in [0, 0.05) is 67.0 Å². The predicted octanol–water partition coefficient (Wildman–Crippen LogP) is 20.5. The van der Waals surface area contributed by atoms with Crippen molar-refractivity contribution in [1.29, 1.82) is 0 Å². The Morgan fingerprint density at radius 2 is 0.655 bits per heavy atom. The Morgan fingerprint density at radius 1 is 0.299 bits per heavy atom. The number of hydrogen-bond donors (Lipinski definition) is 0. The Bertz CT molecular complexity index is 5690. The number of para-hydroxylation sites is 4. The van der Waals surface area contributed by atoms with Crippen molar-refractivity contribution < 1.29 is 21.9 Å². The van der Waals surface area contributed by atoms with Gasteiger partial charge < -0.3 is 18.9 Å². The van der Waals surface area contributed by atoms with E-state index in [-0.39, 0.29) is 65.3 Å². The van der Waals surface area contributed by atoms with Crippen LogP contribution in [0.1, 0.15) is 127 Å². The molecule has 13 aromatic rings. The zero-order chi connectivity index (χ0) is 74.0. The fourth-order valence-corrected chi connectivity index (χ4v) is 13.0. The van der Waals surface area contributed by atoms with Crippen LogP contribution < -0.4 is 26.2 Å². The SMILES string of the molecule is [2H]c1c([2H])c([2H])c2c(c1[2H])c1c([2H])c([2H])c([2H])c([2H])c1n2-c1ccc2c(c1)N(c1ccc(-c3cc(C(C)(C)C)cc(C(C)(C)C)c3)cc1)c1cccc3c1B2c1ccc(-n2c4c([2H])c([2H])c([2H])c([2H])c4c4c([2H])c([2H])c([2H])c([2H])c42)cc1N3c1cccc(-c2cc(C(C)(C)C)cc(C(C)(C)C)c2)c1. The van der Waals surface area contributed by atoms with E-state index in [1.165, 1.54) is 31.4 Å². The molecule has 0 bridgehead atoms. The van der Waals surface area contributed by atoms with Crippen LogP contribution in [0.3, 0.4) is 0 Å². The van der Waals surface area contributed by atoms with Crippen LogP contribution in [-0.2, 0) is 21.7 Å². The van der Waals surface area contributed by atoms with Crippen LogP contribution in [0, 0.1) is 0 Å². The molecule has 11 aromatic carbocycles. The van der Waals surface area contributed by atoms with Gasteiger partial charge in [-0.25, -0.2) is 0 Å². The van der Waals surface area contributed by atoms with Crippen LogP contribution in [0.2, 0.25) is 0 Å². The average Bonchev–Trinajstić information content (AvgIpc) is 1.70. The zero-order valence-corrected chi connectivity index (χ0v) is 51.1. The lowest BCUT2D eigenvalue weighted by Crippen LogP contribution is -2.61. The third-order valence-electron chi connectivity index (χ3n) is 17.8. The van der Waals surface area contributed by atoms with Gasteiger partial charge in [0.05, 0.1) is 44.0 Å². The third kappa shape index (κ3) is 8.94.